The van der Waals surface area contributed by atoms with Gasteiger partial charge < -0.3 is 10.2 Å². The molecule has 0 spiro atoms. The Morgan fingerprint density at radius 1 is 1.12 bits per heavy atom. The number of hydrogen-bond acceptors (Lipinski definition) is 4. The van der Waals surface area contributed by atoms with Crippen LogP contribution in [0.15, 0.2) is 0 Å². The maximum absolute atomic E-state index is 4.65. The molecule has 88 valence electrons. The molecule has 1 aliphatic heterocycles. The van der Waals surface area contributed by atoms with Gasteiger partial charge in [-0.25, -0.2) is 0 Å². The van der Waals surface area contributed by atoms with E-state index in [0.29, 0.717) is 5.92 Å². The molecular weight excluding hydrogens is 202 g/mol. The molecule has 5 heteroatoms. The van der Waals surface area contributed by atoms with Crippen molar-refractivity contribution < 1.29 is 0 Å². The quantitative estimate of drug-likeness (QED) is 0.778. The van der Waals surface area contributed by atoms with Gasteiger partial charge in [-0.05, 0) is 12.8 Å². The monoisotopic (exact) mass is 221 g/mol. The van der Waals surface area contributed by atoms with E-state index < -0.39 is 0 Å². The van der Waals surface area contributed by atoms with Gasteiger partial charge in [-0.3, -0.25) is 5.10 Å². The summed E-state index contributed by atoms with van der Waals surface area (Å²) in [6.07, 6.45) is 5.23. The van der Waals surface area contributed by atoms with E-state index in [2.05, 4.69) is 25.4 Å². The Hall–Kier alpha value is -1.10. The summed E-state index contributed by atoms with van der Waals surface area (Å²) >= 11 is 0. The van der Waals surface area contributed by atoms with Crippen molar-refractivity contribution in [3.05, 3.63) is 5.82 Å². The van der Waals surface area contributed by atoms with E-state index in [9.17, 15) is 0 Å². The minimum Gasteiger partial charge on any atom is -0.337 e. The Bertz CT molecular complexity index is 336. The van der Waals surface area contributed by atoms with Crippen LogP contribution in [-0.2, 0) is 0 Å². The van der Waals surface area contributed by atoms with Crippen LogP contribution in [0.5, 0.6) is 0 Å². The maximum atomic E-state index is 4.65. The van der Waals surface area contributed by atoms with Crippen LogP contribution in [0.3, 0.4) is 0 Å². The second-order valence-electron chi connectivity index (χ2n) is 4.74. The molecule has 1 saturated heterocycles. The lowest BCUT2D eigenvalue weighted by atomic mass is 10.1. The van der Waals surface area contributed by atoms with E-state index in [1.165, 1.54) is 25.7 Å². The van der Waals surface area contributed by atoms with Crippen molar-refractivity contribution in [2.75, 3.05) is 31.1 Å². The number of nitrogens with zero attached hydrogens (tertiary/aromatic N) is 3. The van der Waals surface area contributed by atoms with Crippen LogP contribution in [-0.4, -0.2) is 41.4 Å². The van der Waals surface area contributed by atoms with Gasteiger partial charge in [0.05, 0.1) is 0 Å². The van der Waals surface area contributed by atoms with Gasteiger partial charge in [-0.2, -0.15) is 4.98 Å². The number of hydrogen-bond donors (Lipinski definition) is 2. The second kappa shape index (κ2) is 4.41. The number of aromatic amines is 1. The van der Waals surface area contributed by atoms with Crippen molar-refractivity contribution in [1.82, 2.24) is 20.5 Å². The van der Waals surface area contributed by atoms with Gasteiger partial charge in [0.15, 0.2) is 0 Å². The molecule has 1 aromatic rings. The fourth-order valence-electron chi connectivity index (χ4n) is 2.65. The normalized spacial score (nSPS) is 22.9. The lowest BCUT2D eigenvalue weighted by Crippen LogP contribution is -2.44. The summed E-state index contributed by atoms with van der Waals surface area (Å²) in [5.41, 5.74) is 0. The molecular formula is C11H19N5. The topological polar surface area (TPSA) is 56.8 Å². The fraction of sp³-hybridized carbons (Fsp3) is 0.818. The zero-order valence-electron chi connectivity index (χ0n) is 9.58. The van der Waals surface area contributed by atoms with Crippen LogP contribution < -0.4 is 10.2 Å². The van der Waals surface area contributed by atoms with Gasteiger partial charge in [0.25, 0.3) is 0 Å². The van der Waals surface area contributed by atoms with Crippen LogP contribution in [0.2, 0.25) is 0 Å². The molecule has 2 fully saturated rings. The van der Waals surface area contributed by atoms with Crippen molar-refractivity contribution >= 4 is 5.95 Å². The van der Waals surface area contributed by atoms with Crippen LogP contribution >= 0.6 is 0 Å². The summed E-state index contributed by atoms with van der Waals surface area (Å²) in [6.45, 7) is 4.10. The third-order valence-electron chi connectivity index (χ3n) is 3.63. The Labute approximate surface area is 95.6 Å². The van der Waals surface area contributed by atoms with Crippen molar-refractivity contribution in [3.8, 4) is 0 Å². The van der Waals surface area contributed by atoms with E-state index in [-0.39, 0.29) is 0 Å². The smallest absolute Gasteiger partial charge is 0.244 e. The number of H-pyrrole nitrogens is 1. The molecule has 3 rings (SSSR count). The summed E-state index contributed by atoms with van der Waals surface area (Å²) in [7, 11) is 0. The molecule has 2 heterocycles. The van der Waals surface area contributed by atoms with Crippen molar-refractivity contribution in [2.24, 2.45) is 0 Å². The van der Waals surface area contributed by atoms with Gasteiger partial charge in [0.1, 0.15) is 5.82 Å². The summed E-state index contributed by atoms with van der Waals surface area (Å²) in [6, 6.07) is 0. The standard InChI is InChI=1S/C11H19N5/c1-2-4-9(3-1)10-13-11(15-14-10)16-7-5-12-6-8-16/h9,12H,1-8H2,(H,13,14,15). The molecule has 0 atom stereocenters. The predicted octanol–water partition coefficient (Wildman–Crippen LogP) is 0.872. The number of anilines is 1. The molecule has 1 aromatic heterocycles. The molecule has 1 saturated carbocycles. The highest BCUT2D eigenvalue weighted by molar-refractivity contribution is 5.30. The Morgan fingerprint density at radius 3 is 2.62 bits per heavy atom. The van der Waals surface area contributed by atoms with E-state index >= 15 is 0 Å². The molecule has 0 aromatic carbocycles. The molecule has 0 bridgehead atoms. The highest BCUT2D eigenvalue weighted by Crippen LogP contribution is 2.32. The number of nitrogens with one attached hydrogen (secondary N) is 2. The number of rotatable bonds is 2. The SMILES string of the molecule is C1CCC(c2nc(N3CCNCC3)n[nH]2)C1. The molecule has 0 radical (unpaired) electrons. The summed E-state index contributed by atoms with van der Waals surface area (Å²) in [5, 5.41) is 10.8. The summed E-state index contributed by atoms with van der Waals surface area (Å²) < 4.78 is 0. The first-order valence-corrected chi connectivity index (χ1v) is 6.31. The summed E-state index contributed by atoms with van der Waals surface area (Å²) in [4.78, 5) is 6.90. The van der Waals surface area contributed by atoms with Gasteiger partial charge in [0.2, 0.25) is 5.95 Å². The maximum Gasteiger partial charge on any atom is 0.244 e. The van der Waals surface area contributed by atoms with E-state index in [4.69, 9.17) is 0 Å². The third kappa shape index (κ3) is 1.91. The van der Waals surface area contributed by atoms with Gasteiger partial charge >= 0.3 is 0 Å². The molecule has 16 heavy (non-hydrogen) atoms. The Kier molecular flexibility index (Phi) is 2.78. The molecule has 2 N–H and O–H groups in total. The molecule has 1 aliphatic carbocycles. The molecule has 0 amide bonds. The summed E-state index contributed by atoms with van der Waals surface area (Å²) in [5.74, 6) is 2.62. The average molecular weight is 221 g/mol. The van der Waals surface area contributed by atoms with Crippen LogP contribution in [0.25, 0.3) is 0 Å². The minimum atomic E-state index is 0.629. The van der Waals surface area contributed by atoms with Crippen LogP contribution in [0.4, 0.5) is 5.95 Å². The third-order valence-corrected chi connectivity index (χ3v) is 3.63. The highest BCUT2D eigenvalue weighted by atomic mass is 15.4. The van der Waals surface area contributed by atoms with E-state index in [1.54, 1.807) is 0 Å². The minimum absolute atomic E-state index is 0.629. The first-order chi connectivity index (χ1) is 7.93. The van der Waals surface area contributed by atoms with Crippen molar-refractivity contribution in [1.29, 1.82) is 0 Å². The predicted molar refractivity (Wildman–Crippen MR) is 62.7 cm³/mol. The van der Waals surface area contributed by atoms with Crippen molar-refractivity contribution in [2.45, 2.75) is 31.6 Å². The second-order valence-corrected chi connectivity index (χ2v) is 4.74. The molecule has 0 unspecified atom stereocenters. The fourth-order valence-corrected chi connectivity index (χ4v) is 2.65. The lowest BCUT2D eigenvalue weighted by Gasteiger charge is -2.25. The molecule has 2 aliphatic rings. The van der Waals surface area contributed by atoms with Crippen LogP contribution in [0, 0.1) is 0 Å². The average Bonchev–Trinajstić information content (AvgIpc) is 3.01. The lowest BCUT2D eigenvalue weighted by molar-refractivity contribution is 0.580. The largest absolute Gasteiger partial charge is 0.337 e. The molecule has 5 nitrogen and oxygen atoms in total. The van der Waals surface area contributed by atoms with E-state index in [1.807, 2.05) is 0 Å². The van der Waals surface area contributed by atoms with Gasteiger partial charge in [-0.1, -0.05) is 12.8 Å². The van der Waals surface area contributed by atoms with Crippen LogP contribution in [0.1, 0.15) is 37.4 Å². The van der Waals surface area contributed by atoms with Gasteiger partial charge in [0, 0.05) is 32.1 Å². The number of aromatic nitrogens is 3. The zero-order valence-corrected chi connectivity index (χ0v) is 9.58. The first kappa shape index (κ1) is 10.1. The van der Waals surface area contributed by atoms with E-state index in [0.717, 1.165) is 38.0 Å². The van der Waals surface area contributed by atoms with Gasteiger partial charge in [-0.15, -0.1) is 5.10 Å². The first-order valence-electron chi connectivity index (χ1n) is 6.31. The Balaban J connectivity index is 1.71. The van der Waals surface area contributed by atoms with Crippen molar-refractivity contribution in [3.63, 3.8) is 0 Å². The zero-order chi connectivity index (χ0) is 10.8. The number of piperazine rings is 1. The Morgan fingerprint density at radius 2 is 1.88 bits per heavy atom. The highest BCUT2D eigenvalue weighted by Gasteiger charge is 2.22.